The zero-order valence-corrected chi connectivity index (χ0v) is 7.63. The summed E-state index contributed by atoms with van der Waals surface area (Å²) in [5.41, 5.74) is 6.84. The number of amides is 2. The number of nitrogens with one attached hydrogen (secondary N) is 2. The molecule has 0 radical (unpaired) electrons. The maximum absolute atomic E-state index is 10.8. The van der Waals surface area contributed by atoms with E-state index in [1.54, 1.807) is 0 Å². The second kappa shape index (κ2) is 7.51. The van der Waals surface area contributed by atoms with Crippen LogP contribution in [0.4, 0.5) is 0 Å². The minimum atomic E-state index is -0.623. The first-order valence-corrected chi connectivity index (χ1v) is 4.06. The fourth-order valence-corrected chi connectivity index (χ4v) is 0.602. The summed E-state index contributed by atoms with van der Waals surface area (Å²) in [5, 5.41) is 2.86. The first-order chi connectivity index (χ1) is 6.16. The molecule has 0 aromatic rings. The van der Waals surface area contributed by atoms with E-state index in [9.17, 15) is 9.59 Å². The highest BCUT2D eigenvalue weighted by Gasteiger charge is 2.00. The van der Waals surface area contributed by atoms with E-state index in [1.165, 1.54) is 0 Å². The van der Waals surface area contributed by atoms with E-state index < -0.39 is 5.91 Å². The Morgan fingerprint density at radius 3 is 2.69 bits per heavy atom. The molecule has 0 bridgehead atoms. The van der Waals surface area contributed by atoms with Crippen LogP contribution in [0.3, 0.4) is 0 Å². The molecule has 0 rings (SSSR count). The van der Waals surface area contributed by atoms with Crippen LogP contribution in [0.2, 0.25) is 0 Å². The summed E-state index contributed by atoms with van der Waals surface area (Å²) in [6, 6.07) is 0. The van der Waals surface area contributed by atoms with Crippen molar-refractivity contribution >= 4 is 11.8 Å². The van der Waals surface area contributed by atoms with Crippen LogP contribution < -0.4 is 16.5 Å². The van der Waals surface area contributed by atoms with Gasteiger partial charge in [0.25, 0.3) is 5.91 Å². The molecule has 0 heterocycles. The highest BCUT2D eigenvalue weighted by atomic mass is 16.7. The van der Waals surface area contributed by atoms with Gasteiger partial charge in [0.1, 0.15) is 0 Å². The Kier molecular flexibility index (Phi) is 6.85. The summed E-state index contributed by atoms with van der Waals surface area (Å²) in [7, 11) is 0. The molecule has 13 heavy (non-hydrogen) atoms. The Morgan fingerprint density at radius 2 is 2.15 bits per heavy atom. The second-order valence-electron chi connectivity index (χ2n) is 2.46. The molecular weight excluding hydrogens is 174 g/mol. The maximum atomic E-state index is 10.8. The number of hydroxylamine groups is 1. The summed E-state index contributed by atoms with van der Waals surface area (Å²) < 4.78 is 0. The molecule has 0 atom stereocenters. The molecule has 0 unspecified atom stereocenters. The molecule has 0 saturated carbocycles. The van der Waals surface area contributed by atoms with Crippen molar-refractivity contribution in [2.75, 3.05) is 19.7 Å². The number of hydrogen-bond acceptors (Lipinski definition) is 4. The van der Waals surface area contributed by atoms with Crippen molar-refractivity contribution in [3.63, 3.8) is 0 Å². The van der Waals surface area contributed by atoms with Gasteiger partial charge in [-0.05, 0) is 13.0 Å². The summed E-state index contributed by atoms with van der Waals surface area (Å²) in [5.74, 6) is -0.948. The number of hydrogen-bond donors (Lipinski definition) is 3. The Bertz CT molecular complexity index is 172. The van der Waals surface area contributed by atoms with Crippen molar-refractivity contribution in [2.24, 2.45) is 5.73 Å². The molecule has 0 aromatic heterocycles. The van der Waals surface area contributed by atoms with Crippen LogP contribution in [0, 0.1) is 0 Å². The third-order valence-corrected chi connectivity index (χ3v) is 1.11. The first kappa shape index (κ1) is 11.9. The lowest BCUT2D eigenvalue weighted by molar-refractivity contribution is -0.137. The predicted molar refractivity (Wildman–Crippen MR) is 46.4 cm³/mol. The fraction of sp³-hybridized carbons (Fsp3) is 0.714. The van der Waals surface area contributed by atoms with Crippen LogP contribution in [0.5, 0.6) is 0 Å². The molecule has 0 aromatic carbocycles. The van der Waals surface area contributed by atoms with Crippen molar-refractivity contribution in [2.45, 2.75) is 13.3 Å². The molecule has 76 valence electrons. The minimum Gasteiger partial charge on any atom is -0.368 e. The zero-order valence-electron chi connectivity index (χ0n) is 7.63. The summed E-state index contributed by atoms with van der Waals surface area (Å²) in [6.45, 7) is 2.63. The molecule has 2 amide bonds. The van der Waals surface area contributed by atoms with Gasteiger partial charge in [-0.2, -0.15) is 0 Å². The highest BCUT2D eigenvalue weighted by molar-refractivity contribution is 5.78. The van der Waals surface area contributed by atoms with Crippen molar-refractivity contribution in [3.8, 4) is 0 Å². The molecule has 6 nitrogen and oxygen atoms in total. The molecule has 0 aliphatic rings. The Balaban J connectivity index is 3.25. The monoisotopic (exact) mass is 189 g/mol. The summed E-state index contributed by atoms with van der Waals surface area (Å²) in [4.78, 5) is 25.5. The van der Waals surface area contributed by atoms with Crippen molar-refractivity contribution in [1.82, 2.24) is 10.8 Å². The standard InChI is InChI=1S/C7H15N3O3/c1-2-3-9-4-7(12)10-13-5-6(8)11/h9H,2-5H2,1H3,(H2,8,11)(H,10,12). The maximum Gasteiger partial charge on any atom is 0.257 e. The van der Waals surface area contributed by atoms with Crippen LogP contribution in [-0.4, -0.2) is 31.5 Å². The smallest absolute Gasteiger partial charge is 0.257 e. The molecule has 6 heteroatoms. The largest absolute Gasteiger partial charge is 0.368 e. The van der Waals surface area contributed by atoms with Gasteiger partial charge in [-0.3, -0.25) is 14.4 Å². The fourth-order valence-electron chi connectivity index (χ4n) is 0.602. The molecular formula is C7H15N3O3. The normalized spacial score (nSPS) is 9.62. The summed E-state index contributed by atoms with van der Waals surface area (Å²) in [6.07, 6.45) is 0.954. The third kappa shape index (κ3) is 8.77. The van der Waals surface area contributed by atoms with E-state index in [4.69, 9.17) is 5.73 Å². The quantitative estimate of drug-likeness (QED) is 0.336. The van der Waals surface area contributed by atoms with Gasteiger partial charge in [0.2, 0.25) is 5.91 Å². The minimum absolute atomic E-state index is 0.173. The molecule has 0 saturated heterocycles. The summed E-state index contributed by atoms with van der Waals surface area (Å²) >= 11 is 0. The van der Waals surface area contributed by atoms with Crippen LogP contribution in [0.15, 0.2) is 0 Å². The van der Waals surface area contributed by atoms with E-state index in [-0.39, 0.29) is 19.1 Å². The number of nitrogens with two attached hydrogens (primary N) is 1. The van der Waals surface area contributed by atoms with Gasteiger partial charge in [0, 0.05) is 0 Å². The lowest BCUT2D eigenvalue weighted by atomic mass is 10.5. The molecule has 0 aliphatic heterocycles. The van der Waals surface area contributed by atoms with Gasteiger partial charge in [-0.1, -0.05) is 6.92 Å². The van der Waals surface area contributed by atoms with E-state index in [1.807, 2.05) is 6.92 Å². The highest BCUT2D eigenvalue weighted by Crippen LogP contribution is 1.71. The predicted octanol–water partition coefficient (Wildman–Crippen LogP) is -1.48. The van der Waals surface area contributed by atoms with Crippen LogP contribution in [0.1, 0.15) is 13.3 Å². The van der Waals surface area contributed by atoms with Crippen molar-refractivity contribution < 1.29 is 14.4 Å². The number of carbonyl (C=O) groups is 2. The third-order valence-electron chi connectivity index (χ3n) is 1.11. The lowest BCUT2D eigenvalue weighted by Gasteiger charge is -2.04. The van der Waals surface area contributed by atoms with Crippen molar-refractivity contribution in [3.05, 3.63) is 0 Å². The number of carbonyl (C=O) groups excluding carboxylic acids is 2. The molecule has 0 fully saturated rings. The van der Waals surface area contributed by atoms with Gasteiger partial charge >= 0.3 is 0 Å². The topological polar surface area (TPSA) is 93.4 Å². The van der Waals surface area contributed by atoms with Gasteiger partial charge in [0.05, 0.1) is 6.54 Å². The van der Waals surface area contributed by atoms with E-state index in [0.29, 0.717) is 0 Å². The van der Waals surface area contributed by atoms with Crippen molar-refractivity contribution in [1.29, 1.82) is 0 Å². The van der Waals surface area contributed by atoms with E-state index >= 15 is 0 Å². The molecule has 4 N–H and O–H groups in total. The second-order valence-corrected chi connectivity index (χ2v) is 2.46. The Hall–Kier alpha value is -1.14. The van der Waals surface area contributed by atoms with Crippen LogP contribution >= 0.6 is 0 Å². The average molecular weight is 189 g/mol. The number of primary amides is 1. The first-order valence-electron chi connectivity index (χ1n) is 4.06. The van der Waals surface area contributed by atoms with Gasteiger partial charge in [-0.25, -0.2) is 5.48 Å². The zero-order chi connectivity index (χ0) is 10.1. The Morgan fingerprint density at radius 1 is 1.46 bits per heavy atom. The van der Waals surface area contributed by atoms with E-state index in [2.05, 4.69) is 15.6 Å². The SMILES string of the molecule is CCCNCC(=O)NOCC(N)=O. The Labute approximate surface area is 76.8 Å². The van der Waals surface area contributed by atoms with Crippen LogP contribution in [-0.2, 0) is 14.4 Å². The molecule has 0 aliphatic carbocycles. The lowest BCUT2D eigenvalue weighted by Crippen LogP contribution is -2.36. The number of rotatable bonds is 7. The van der Waals surface area contributed by atoms with Crippen LogP contribution in [0.25, 0.3) is 0 Å². The van der Waals surface area contributed by atoms with Gasteiger partial charge < -0.3 is 11.1 Å². The van der Waals surface area contributed by atoms with Gasteiger partial charge in [0.15, 0.2) is 6.61 Å². The molecule has 0 spiro atoms. The average Bonchev–Trinajstić information content (AvgIpc) is 2.04. The van der Waals surface area contributed by atoms with E-state index in [0.717, 1.165) is 13.0 Å². The van der Waals surface area contributed by atoms with Gasteiger partial charge in [-0.15, -0.1) is 0 Å².